The number of hydrogen-bond donors (Lipinski definition) is 3. The van der Waals surface area contributed by atoms with Crippen LogP contribution >= 0.6 is 22.6 Å². The third kappa shape index (κ3) is 11.6. The van der Waals surface area contributed by atoms with Gasteiger partial charge in [-0.3, -0.25) is 0 Å². The molecule has 1 heterocycles. The Bertz CT molecular complexity index is 2600. The Hall–Kier alpha value is -5.65. The molecule has 0 fully saturated rings. The van der Waals surface area contributed by atoms with Crippen LogP contribution in [0.5, 0.6) is 17.2 Å². The van der Waals surface area contributed by atoms with E-state index in [2.05, 4.69) is 25.4 Å². The average molecular weight is 998 g/mol. The van der Waals surface area contributed by atoms with Crippen LogP contribution in [0, 0.1) is 3.57 Å². The molecule has 6 rings (SSSR count). The largest absolute Gasteiger partial charge is 0.497 e. The monoisotopic (exact) mass is 997 g/mol. The highest BCUT2D eigenvalue weighted by Gasteiger charge is 2.38. The predicted molar refractivity (Wildman–Crippen MR) is 236 cm³/mol. The van der Waals surface area contributed by atoms with Crippen molar-refractivity contribution in [2.24, 2.45) is 0 Å². The number of methoxy groups -OCH3 is 3. The minimum absolute atomic E-state index is 0.0445. The molecule has 0 saturated heterocycles. The SMILES string of the molecule is COc1ccc(CN(Cc2ccc(OC)cc2)S(=O)(=O)c2c(S(=O)(=O)NC(CO)CNC(=O)OCc3ccccc3)ccc(I)c2-c2nnn(Cc3ccc(OC)cc3)n2)cc1. The molecule has 20 heteroatoms. The zero-order chi connectivity index (χ0) is 44.3. The molecule has 62 heavy (non-hydrogen) atoms. The van der Waals surface area contributed by atoms with Crippen LogP contribution in [0.1, 0.15) is 22.3 Å². The number of alkyl carbamates (subject to hydrolysis) is 1. The smallest absolute Gasteiger partial charge is 0.407 e. The number of aromatic nitrogens is 4. The van der Waals surface area contributed by atoms with Crippen molar-refractivity contribution in [2.45, 2.75) is 42.1 Å². The number of aliphatic hydroxyl groups excluding tert-OH is 1. The minimum Gasteiger partial charge on any atom is -0.497 e. The van der Waals surface area contributed by atoms with Crippen LogP contribution < -0.4 is 24.2 Å². The molecule has 0 bridgehead atoms. The quantitative estimate of drug-likeness (QED) is 0.0863. The molecule has 0 saturated carbocycles. The third-order valence-corrected chi connectivity index (χ3v) is 13.9. The van der Waals surface area contributed by atoms with E-state index in [0.29, 0.717) is 31.9 Å². The normalized spacial score (nSPS) is 12.2. The Labute approximate surface area is 373 Å². The number of carbonyl (C=O) groups is 1. The molecule has 1 aromatic heterocycles. The molecular formula is C42H44IN7O10S2. The minimum atomic E-state index is -4.84. The van der Waals surface area contributed by atoms with Gasteiger partial charge >= 0.3 is 6.09 Å². The molecule has 1 unspecified atom stereocenters. The first-order valence-corrected chi connectivity index (χ1v) is 22.9. The molecule has 6 aromatic rings. The van der Waals surface area contributed by atoms with E-state index in [4.69, 9.17) is 18.9 Å². The summed E-state index contributed by atoms with van der Waals surface area (Å²) in [6.07, 6.45) is -0.858. The highest BCUT2D eigenvalue weighted by molar-refractivity contribution is 14.1. The molecule has 17 nitrogen and oxygen atoms in total. The Kier molecular flexibility index (Phi) is 15.5. The fourth-order valence-corrected chi connectivity index (χ4v) is 10.7. The van der Waals surface area contributed by atoms with Gasteiger partial charge in [0, 0.05) is 23.2 Å². The molecule has 326 valence electrons. The zero-order valence-corrected chi connectivity index (χ0v) is 37.6. The summed E-state index contributed by atoms with van der Waals surface area (Å²) in [5.74, 6) is 1.60. The van der Waals surface area contributed by atoms with Gasteiger partial charge in [-0.1, -0.05) is 66.7 Å². The first kappa shape index (κ1) is 45.9. The first-order chi connectivity index (χ1) is 29.8. The van der Waals surface area contributed by atoms with Crippen LogP contribution in [0.3, 0.4) is 0 Å². The molecule has 0 radical (unpaired) electrons. The van der Waals surface area contributed by atoms with Gasteiger partial charge in [0.2, 0.25) is 25.9 Å². The Morgan fingerprint density at radius 1 is 0.758 bits per heavy atom. The number of tetrazole rings is 1. The van der Waals surface area contributed by atoms with Crippen molar-refractivity contribution in [3.8, 4) is 28.6 Å². The van der Waals surface area contributed by atoms with Gasteiger partial charge in [-0.05, 0) is 98.6 Å². The maximum Gasteiger partial charge on any atom is 0.407 e. The molecule has 0 aliphatic rings. The maximum absolute atomic E-state index is 15.5. The van der Waals surface area contributed by atoms with E-state index in [1.807, 2.05) is 40.8 Å². The second-order valence-corrected chi connectivity index (χ2v) is 18.4. The van der Waals surface area contributed by atoms with Crippen molar-refractivity contribution in [3.05, 3.63) is 141 Å². The van der Waals surface area contributed by atoms with Gasteiger partial charge in [0.05, 0.1) is 46.1 Å². The average Bonchev–Trinajstić information content (AvgIpc) is 3.75. The summed E-state index contributed by atoms with van der Waals surface area (Å²) in [7, 11) is -5.08. The van der Waals surface area contributed by atoms with Crippen LogP contribution in [0.2, 0.25) is 0 Å². The molecule has 0 spiro atoms. The van der Waals surface area contributed by atoms with Crippen LogP contribution in [0.25, 0.3) is 11.4 Å². The summed E-state index contributed by atoms with van der Waals surface area (Å²) >= 11 is 1.91. The summed E-state index contributed by atoms with van der Waals surface area (Å²) < 4.78 is 85.0. The highest BCUT2D eigenvalue weighted by Crippen LogP contribution is 2.38. The van der Waals surface area contributed by atoms with Gasteiger partial charge < -0.3 is 29.4 Å². The zero-order valence-electron chi connectivity index (χ0n) is 33.8. The number of amides is 1. The number of nitrogens with one attached hydrogen (secondary N) is 2. The molecule has 5 aromatic carbocycles. The number of benzene rings is 5. The highest BCUT2D eigenvalue weighted by atomic mass is 127. The van der Waals surface area contributed by atoms with Crippen LogP contribution in [0.4, 0.5) is 4.79 Å². The number of carbonyl (C=O) groups excluding carboxylic acids is 1. The van der Waals surface area contributed by atoms with E-state index in [0.717, 1.165) is 21.5 Å². The second kappa shape index (κ2) is 20.9. The maximum atomic E-state index is 15.5. The van der Waals surface area contributed by atoms with E-state index in [-0.39, 0.29) is 37.6 Å². The van der Waals surface area contributed by atoms with Crippen molar-refractivity contribution in [1.29, 1.82) is 0 Å². The van der Waals surface area contributed by atoms with Gasteiger partial charge in [-0.2, -0.15) is 9.10 Å². The predicted octanol–water partition coefficient (Wildman–Crippen LogP) is 4.98. The summed E-state index contributed by atoms with van der Waals surface area (Å²) in [5.41, 5.74) is 2.55. The number of sulfonamides is 2. The Morgan fingerprint density at radius 2 is 1.31 bits per heavy atom. The van der Waals surface area contributed by atoms with Gasteiger partial charge in [0.15, 0.2) is 0 Å². The van der Waals surface area contributed by atoms with E-state index < -0.39 is 55.1 Å². The number of nitrogens with zero attached hydrogens (tertiary/aromatic N) is 5. The second-order valence-electron chi connectivity index (χ2n) is 13.7. The molecule has 3 N–H and O–H groups in total. The van der Waals surface area contributed by atoms with Crippen molar-refractivity contribution in [1.82, 2.24) is 34.6 Å². The fraction of sp³-hybridized carbons (Fsp3) is 0.238. The number of aliphatic hydroxyl groups is 1. The molecule has 0 aliphatic carbocycles. The van der Waals surface area contributed by atoms with Crippen molar-refractivity contribution >= 4 is 48.7 Å². The lowest BCUT2D eigenvalue weighted by molar-refractivity contribution is 0.137. The third-order valence-electron chi connectivity index (χ3n) is 9.40. The van der Waals surface area contributed by atoms with Gasteiger partial charge in [0.1, 0.15) is 33.6 Å². The van der Waals surface area contributed by atoms with Crippen LogP contribution in [-0.4, -0.2) is 93.1 Å². The number of ether oxygens (including phenoxy) is 4. The molecule has 0 aliphatic heterocycles. The van der Waals surface area contributed by atoms with E-state index in [1.165, 1.54) is 25.1 Å². The lowest BCUT2D eigenvalue weighted by Gasteiger charge is -2.26. The van der Waals surface area contributed by atoms with E-state index in [9.17, 15) is 18.3 Å². The summed E-state index contributed by atoms with van der Waals surface area (Å²) in [5, 5.41) is 25.7. The number of halogens is 1. The fourth-order valence-electron chi connectivity index (χ4n) is 6.15. The van der Waals surface area contributed by atoms with E-state index in [1.54, 1.807) is 92.0 Å². The van der Waals surface area contributed by atoms with Gasteiger partial charge in [-0.15, -0.1) is 10.2 Å². The van der Waals surface area contributed by atoms with Gasteiger partial charge in [0.25, 0.3) is 0 Å². The van der Waals surface area contributed by atoms with Crippen molar-refractivity contribution in [3.63, 3.8) is 0 Å². The van der Waals surface area contributed by atoms with E-state index >= 15 is 8.42 Å². The first-order valence-electron chi connectivity index (χ1n) is 18.9. The topological polar surface area (TPSA) is 213 Å². The standard InChI is InChI=1S/C42H44IN7O10S2/c1-57-34-15-9-29(10-16-34)24-49(25-30-11-17-35(58-2)18-12-30)62(55,56)40-38(61(53,54)47-33(27-51)23-44-42(52)60-28-32-7-5-4-6-8-32)22-21-37(43)39(40)41-45-48-50(46-41)26-31-13-19-36(59-3)20-14-31/h4-22,33,47,51H,23-28H2,1-3H3,(H,44,52). The summed E-state index contributed by atoms with van der Waals surface area (Å²) in [4.78, 5) is 12.6. The molecule has 1 atom stereocenters. The lowest BCUT2D eigenvalue weighted by atomic mass is 10.2. The van der Waals surface area contributed by atoms with Crippen molar-refractivity contribution < 1.29 is 45.7 Å². The Morgan fingerprint density at radius 3 is 1.84 bits per heavy atom. The molecule has 1 amide bonds. The summed E-state index contributed by atoms with van der Waals surface area (Å²) in [6.45, 7) is -1.44. The number of hydrogen-bond acceptors (Lipinski definition) is 13. The van der Waals surface area contributed by atoms with Crippen LogP contribution in [0.15, 0.2) is 125 Å². The lowest BCUT2D eigenvalue weighted by Crippen LogP contribution is -2.46. The van der Waals surface area contributed by atoms with Crippen LogP contribution in [-0.2, 0) is 51.0 Å². The molecular weight excluding hydrogens is 954 g/mol. The number of rotatable bonds is 20. The van der Waals surface area contributed by atoms with Crippen molar-refractivity contribution in [2.75, 3.05) is 34.5 Å². The summed E-state index contributed by atoms with van der Waals surface area (Å²) in [6, 6.07) is 31.0. The Balaban J connectivity index is 1.42. The van der Waals surface area contributed by atoms with Gasteiger partial charge in [-0.25, -0.2) is 26.4 Å².